The molecule has 12 heavy (non-hydrogen) atoms. The molecule has 1 aliphatic rings. The Hall–Kier alpha value is -0.760. The van der Waals surface area contributed by atoms with Crippen LogP contribution in [0.2, 0.25) is 0 Å². The molecule has 1 aliphatic carbocycles. The molecule has 0 saturated carbocycles. The Morgan fingerprint density at radius 3 is 2.92 bits per heavy atom. The monoisotopic (exact) mass is 164 g/mol. The third kappa shape index (κ3) is 0.985. The van der Waals surface area contributed by atoms with Gasteiger partial charge in [-0.05, 0) is 37.3 Å². The van der Waals surface area contributed by atoms with Crippen LogP contribution in [0.4, 0.5) is 0 Å². The summed E-state index contributed by atoms with van der Waals surface area (Å²) in [5.74, 6) is 0. The van der Waals surface area contributed by atoms with E-state index >= 15 is 0 Å². The Morgan fingerprint density at radius 1 is 1.50 bits per heavy atom. The van der Waals surface area contributed by atoms with Crippen molar-refractivity contribution in [1.82, 2.24) is 4.57 Å². The lowest BCUT2D eigenvalue weighted by atomic mass is 10.1. The minimum Gasteiger partial charge on any atom is -0.354 e. The van der Waals surface area contributed by atoms with Crippen molar-refractivity contribution in [2.75, 3.05) is 0 Å². The first-order valence-corrected chi connectivity index (χ1v) is 4.62. The van der Waals surface area contributed by atoms with Gasteiger partial charge in [0.25, 0.3) is 0 Å². The maximum Gasteiger partial charge on any atom is 0.0284 e. The van der Waals surface area contributed by atoms with Crippen molar-refractivity contribution in [3.63, 3.8) is 0 Å². The molecule has 1 aromatic heterocycles. The fourth-order valence-electron chi connectivity index (χ4n) is 2.18. The number of rotatable bonds is 1. The molecule has 2 heteroatoms. The normalized spacial score (nSPS) is 17.9. The van der Waals surface area contributed by atoms with Gasteiger partial charge in [0, 0.05) is 25.0 Å². The number of aryl methyl sites for hydroxylation is 1. The lowest BCUT2D eigenvalue weighted by molar-refractivity contribution is 0.769. The molecule has 1 aromatic rings. The number of nitrogens with zero attached hydrogens (tertiary/aromatic N) is 1. The van der Waals surface area contributed by atoms with E-state index < -0.39 is 0 Å². The SMILES string of the molecule is CC(N)c1cn(C)c2c1CCC2. The molecule has 2 rings (SSSR count). The van der Waals surface area contributed by atoms with Crippen LogP contribution >= 0.6 is 0 Å². The highest BCUT2D eigenvalue weighted by Gasteiger charge is 2.20. The van der Waals surface area contributed by atoms with Gasteiger partial charge in [-0.15, -0.1) is 0 Å². The molecule has 1 heterocycles. The summed E-state index contributed by atoms with van der Waals surface area (Å²) in [6, 6.07) is 0.193. The van der Waals surface area contributed by atoms with Crippen molar-refractivity contribution in [2.24, 2.45) is 12.8 Å². The van der Waals surface area contributed by atoms with E-state index in [1.807, 2.05) is 0 Å². The first-order valence-electron chi connectivity index (χ1n) is 4.62. The van der Waals surface area contributed by atoms with Crippen molar-refractivity contribution in [3.05, 3.63) is 23.0 Å². The predicted molar refractivity (Wildman–Crippen MR) is 50.0 cm³/mol. The topological polar surface area (TPSA) is 30.9 Å². The van der Waals surface area contributed by atoms with Gasteiger partial charge in [-0.25, -0.2) is 0 Å². The van der Waals surface area contributed by atoms with Gasteiger partial charge in [0.2, 0.25) is 0 Å². The van der Waals surface area contributed by atoms with Gasteiger partial charge in [-0.2, -0.15) is 0 Å². The number of hydrogen-bond donors (Lipinski definition) is 1. The first-order chi connectivity index (χ1) is 5.70. The minimum absolute atomic E-state index is 0.193. The van der Waals surface area contributed by atoms with Crippen molar-refractivity contribution in [3.8, 4) is 0 Å². The Morgan fingerprint density at radius 2 is 2.25 bits per heavy atom. The second-order valence-electron chi connectivity index (χ2n) is 3.76. The highest BCUT2D eigenvalue weighted by molar-refractivity contribution is 5.37. The van der Waals surface area contributed by atoms with E-state index in [9.17, 15) is 0 Å². The summed E-state index contributed by atoms with van der Waals surface area (Å²) in [5, 5.41) is 0. The number of hydrogen-bond acceptors (Lipinski definition) is 1. The van der Waals surface area contributed by atoms with Crippen molar-refractivity contribution in [1.29, 1.82) is 0 Å². The van der Waals surface area contributed by atoms with Crippen LogP contribution < -0.4 is 5.73 Å². The van der Waals surface area contributed by atoms with E-state index in [1.54, 1.807) is 0 Å². The molecule has 0 saturated heterocycles. The Balaban J connectivity index is 2.51. The molecule has 0 aromatic carbocycles. The summed E-state index contributed by atoms with van der Waals surface area (Å²) >= 11 is 0. The molecule has 0 aliphatic heterocycles. The van der Waals surface area contributed by atoms with Gasteiger partial charge in [0.15, 0.2) is 0 Å². The van der Waals surface area contributed by atoms with Crippen LogP contribution in [-0.2, 0) is 19.9 Å². The van der Waals surface area contributed by atoms with Crippen LogP contribution in [-0.4, -0.2) is 4.57 Å². The van der Waals surface area contributed by atoms with Crippen molar-refractivity contribution in [2.45, 2.75) is 32.2 Å². The van der Waals surface area contributed by atoms with E-state index in [2.05, 4.69) is 24.7 Å². The molecule has 66 valence electrons. The smallest absolute Gasteiger partial charge is 0.0284 e. The van der Waals surface area contributed by atoms with E-state index in [0.29, 0.717) is 0 Å². The molecule has 0 fully saturated rings. The Labute approximate surface area is 73.4 Å². The Bertz CT molecular complexity index is 297. The number of fused-ring (bicyclic) bond motifs is 1. The third-order valence-corrected chi connectivity index (χ3v) is 2.79. The Kier molecular flexibility index (Phi) is 1.72. The quantitative estimate of drug-likeness (QED) is 0.670. The third-order valence-electron chi connectivity index (χ3n) is 2.79. The summed E-state index contributed by atoms with van der Waals surface area (Å²) in [6.07, 6.45) is 5.96. The zero-order valence-corrected chi connectivity index (χ0v) is 7.80. The average molecular weight is 164 g/mol. The lowest BCUT2D eigenvalue weighted by Gasteiger charge is -2.03. The van der Waals surface area contributed by atoms with Crippen LogP contribution in [0.1, 0.15) is 36.2 Å². The van der Waals surface area contributed by atoms with Crippen LogP contribution in [0.3, 0.4) is 0 Å². The minimum atomic E-state index is 0.193. The van der Waals surface area contributed by atoms with Crippen LogP contribution in [0.5, 0.6) is 0 Å². The van der Waals surface area contributed by atoms with Crippen LogP contribution in [0.15, 0.2) is 6.20 Å². The second-order valence-corrected chi connectivity index (χ2v) is 3.76. The maximum atomic E-state index is 5.89. The zero-order valence-electron chi connectivity index (χ0n) is 7.80. The number of nitrogens with two attached hydrogens (primary N) is 1. The van der Waals surface area contributed by atoms with Crippen molar-refractivity contribution >= 4 is 0 Å². The fraction of sp³-hybridized carbons (Fsp3) is 0.600. The van der Waals surface area contributed by atoms with Gasteiger partial charge in [-0.3, -0.25) is 0 Å². The van der Waals surface area contributed by atoms with Gasteiger partial charge in [-0.1, -0.05) is 0 Å². The molecule has 0 spiro atoms. The average Bonchev–Trinajstić information content (AvgIpc) is 2.53. The highest BCUT2D eigenvalue weighted by Crippen LogP contribution is 2.29. The summed E-state index contributed by atoms with van der Waals surface area (Å²) in [4.78, 5) is 0. The largest absolute Gasteiger partial charge is 0.354 e. The van der Waals surface area contributed by atoms with Crippen LogP contribution in [0.25, 0.3) is 0 Å². The maximum absolute atomic E-state index is 5.89. The van der Waals surface area contributed by atoms with Crippen LogP contribution in [0, 0.1) is 0 Å². The molecule has 0 radical (unpaired) electrons. The first kappa shape index (κ1) is 7.87. The van der Waals surface area contributed by atoms with Crippen molar-refractivity contribution < 1.29 is 0 Å². The standard InChI is InChI=1S/C10H16N2/c1-7(11)9-6-12(2)10-5-3-4-8(9)10/h6-7H,3-5,11H2,1-2H3. The fourth-order valence-corrected chi connectivity index (χ4v) is 2.18. The molecule has 0 bridgehead atoms. The molecule has 0 amide bonds. The predicted octanol–water partition coefficient (Wildman–Crippen LogP) is 1.53. The summed E-state index contributed by atoms with van der Waals surface area (Å²) < 4.78 is 2.24. The number of aromatic nitrogens is 1. The molecular formula is C10H16N2. The highest BCUT2D eigenvalue weighted by atomic mass is 14.9. The van der Waals surface area contributed by atoms with E-state index in [-0.39, 0.29) is 6.04 Å². The summed E-state index contributed by atoms with van der Waals surface area (Å²) in [5.41, 5.74) is 10.3. The van der Waals surface area contributed by atoms with E-state index in [1.165, 1.54) is 36.1 Å². The van der Waals surface area contributed by atoms with E-state index in [0.717, 1.165) is 0 Å². The molecule has 1 atom stereocenters. The molecule has 1 unspecified atom stereocenters. The molecule has 2 nitrogen and oxygen atoms in total. The molecular weight excluding hydrogens is 148 g/mol. The second kappa shape index (κ2) is 2.63. The van der Waals surface area contributed by atoms with E-state index in [4.69, 9.17) is 5.73 Å². The zero-order chi connectivity index (χ0) is 8.72. The lowest BCUT2D eigenvalue weighted by Crippen LogP contribution is -2.05. The van der Waals surface area contributed by atoms with Gasteiger partial charge < -0.3 is 10.3 Å². The summed E-state index contributed by atoms with van der Waals surface area (Å²) in [6.45, 7) is 2.06. The van der Waals surface area contributed by atoms with Gasteiger partial charge in [0.1, 0.15) is 0 Å². The summed E-state index contributed by atoms with van der Waals surface area (Å²) in [7, 11) is 2.12. The molecule has 2 N–H and O–H groups in total. The van der Waals surface area contributed by atoms with Gasteiger partial charge >= 0.3 is 0 Å². The van der Waals surface area contributed by atoms with Gasteiger partial charge in [0.05, 0.1) is 0 Å².